The van der Waals surface area contributed by atoms with Gasteiger partial charge in [0.1, 0.15) is 5.82 Å². The summed E-state index contributed by atoms with van der Waals surface area (Å²) in [6, 6.07) is 9.26. The maximum atomic E-state index is 13.6. The highest BCUT2D eigenvalue weighted by Crippen LogP contribution is 2.28. The number of aryl methyl sites for hydroxylation is 3. The molecule has 21 heavy (non-hydrogen) atoms. The van der Waals surface area contributed by atoms with Crippen molar-refractivity contribution in [1.82, 2.24) is 4.90 Å². The number of carbonyl (C=O) groups excluding carboxylic acids is 1. The normalized spacial score (nSPS) is 13.7. The van der Waals surface area contributed by atoms with Gasteiger partial charge in [0.2, 0.25) is 0 Å². The molecule has 108 valence electrons. The SMILES string of the molecule is Cc1cc(C)c2c(c1)CN(Cc1ccc(C)c(F)c1)C2=O. The summed E-state index contributed by atoms with van der Waals surface area (Å²) >= 11 is 0. The van der Waals surface area contributed by atoms with Crippen LogP contribution in [0.1, 0.15) is 38.2 Å². The van der Waals surface area contributed by atoms with Crippen molar-refractivity contribution in [3.8, 4) is 0 Å². The number of benzene rings is 2. The molecular weight excluding hydrogens is 265 g/mol. The van der Waals surface area contributed by atoms with Gasteiger partial charge in [-0.2, -0.15) is 0 Å². The Morgan fingerprint density at radius 1 is 1.10 bits per heavy atom. The highest BCUT2D eigenvalue weighted by Gasteiger charge is 2.29. The van der Waals surface area contributed by atoms with Crippen LogP contribution < -0.4 is 0 Å². The lowest BCUT2D eigenvalue weighted by Gasteiger charge is -2.16. The number of amides is 1. The number of hydrogen-bond acceptors (Lipinski definition) is 1. The van der Waals surface area contributed by atoms with Crippen LogP contribution in [-0.4, -0.2) is 10.8 Å². The van der Waals surface area contributed by atoms with Gasteiger partial charge < -0.3 is 4.90 Å². The van der Waals surface area contributed by atoms with Crippen molar-refractivity contribution in [2.24, 2.45) is 0 Å². The highest BCUT2D eigenvalue weighted by molar-refractivity contribution is 5.99. The first-order valence-corrected chi connectivity index (χ1v) is 7.10. The van der Waals surface area contributed by atoms with Crippen LogP contribution in [0.5, 0.6) is 0 Å². The molecule has 0 aromatic heterocycles. The van der Waals surface area contributed by atoms with E-state index in [1.165, 1.54) is 11.6 Å². The van der Waals surface area contributed by atoms with E-state index in [0.717, 1.165) is 22.3 Å². The van der Waals surface area contributed by atoms with Crippen LogP contribution in [0.25, 0.3) is 0 Å². The summed E-state index contributed by atoms with van der Waals surface area (Å²) in [7, 11) is 0. The molecule has 0 saturated heterocycles. The fourth-order valence-electron chi connectivity index (χ4n) is 3.00. The van der Waals surface area contributed by atoms with Gasteiger partial charge in [0.05, 0.1) is 0 Å². The molecule has 1 aliphatic rings. The van der Waals surface area contributed by atoms with Crippen LogP contribution in [0.2, 0.25) is 0 Å². The molecule has 2 nitrogen and oxygen atoms in total. The number of fused-ring (bicyclic) bond motifs is 1. The van der Waals surface area contributed by atoms with Crippen LogP contribution in [-0.2, 0) is 13.1 Å². The van der Waals surface area contributed by atoms with E-state index in [9.17, 15) is 9.18 Å². The largest absolute Gasteiger partial charge is 0.330 e. The molecule has 0 radical (unpaired) electrons. The van der Waals surface area contributed by atoms with Crippen molar-refractivity contribution in [3.63, 3.8) is 0 Å². The van der Waals surface area contributed by atoms with Gasteiger partial charge in [-0.15, -0.1) is 0 Å². The summed E-state index contributed by atoms with van der Waals surface area (Å²) in [5, 5.41) is 0. The van der Waals surface area contributed by atoms with Crippen LogP contribution in [0.4, 0.5) is 4.39 Å². The lowest BCUT2D eigenvalue weighted by Crippen LogP contribution is -2.23. The molecule has 0 spiro atoms. The van der Waals surface area contributed by atoms with Gasteiger partial charge in [-0.3, -0.25) is 4.79 Å². The highest BCUT2D eigenvalue weighted by atomic mass is 19.1. The van der Waals surface area contributed by atoms with Crippen LogP contribution >= 0.6 is 0 Å². The predicted octanol–water partition coefficient (Wildman–Crippen LogP) is 3.91. The van der Waals surface area contributed by atoms with Gasteiger partial charge in [0.15, 0.2) is 0 Å². The fraction of sp³-hybridized carbons (Fsp3) is 0.278. The third-order valence-electron chi connectivity index (χ3n) is 4.03. The number of carbonyl (C=O) groups is 1. The monoisotopic (exact) mass is 283 g/mol. The van der Waals surface area contributed by atoms with E-state index in [1.807, 2.05) is 26.0 Å². The maximum Gasteiger partial charge on any atom is 0.255 e. The molecule has 2 aromatic rings. The summed E-state index contributed by atoms with van der Waals surface area (Å²) in [6.45, 7) is 6.80. The number of nitrogens with zero attached hydrogens (tertiary/aromatic N) is 1. The molecule has 3 rings (SSSR count). The van der Waals surface area contributed by atoms with Gasteiger partial charge in [-0.05, 0) is 49.1 Å². The zero-order valence-corrected chi connectivity index (χ0v) is 12.5. The number of rotatable bonds is 2. The smallest absolute Gasteiger partial charge is 0.255 e. The van der Waals surface area contributed by atoms with E-state index in [1.54, 1.807) is 17.9 Å². The summed E-state index contributed by atoms with van der Waals surface area (Å²) < 4.78 is 13.6. The van der Waals surface area contributed by atoms with Crippen molar-refractivity contribution in [1.29, 1.82) is 0 Å². The molecule has 1 heterocycles. The summed E-state index contributed by atoms with van der Waals surface area (Å²) in [6.07, 6.45) is 0. The number of halogens is 1. The van der Waals surface area contributed by atoms with Gasteiger partial charge in [0.25, 0.3) is 5.91 Å². The molecule has 0 aliphatic carbocycles. The molecule has 3 heteroatoms. The standard InChI is InChI=1S/C18H18FNO/c1-11-6-13(3)17-15(7-11)10-20(18(17)21)9-14-5-4-12(2)16(19)8-14/h4-8H,9-10H2,1-3H3. The van der Waals surface area contributed by atoms with E-state index in [4.69, 9.17) is 0 Å². The van der Waals surface area contributed by atoms with Crippen molar-refractivity contribution in [2.45, 2.75) is 33.9 Å². The van der Waals surface area contributed by atoms with Crippen molar-refractivity contribution in [2.75, 3.05) is 0 Å². The Bertz CT molecular complexity index is 736. The van der Waals surface area contributed by atoms with E-state index in [-0.39, 0.29) is 11.7 Å². The summed E-state index contributed by atoms with van der Waals surface area (Å²) in [5.74, 6) is -0.174. The first kappa shape index (κ1) is 13.8. The Morgan fingerprint density at radius 2 is 1.86 bits per heavy atom. The first-order valence-electron chi connectivity index (χ1n) is 7.10. The molecule has 2 aromatic carbocycles. The van der Waals surface area contributed by atoms with Crippen molar-refractivity contribution >= 4 is 5.91 Å². The van der Waals surface area contributed by atoms with Crippen LogP contribution in [0.3, 0.4) is 0 Å². The first-order chi connectivity index (χ1) is 9.95. The fourth-order valence-corrected chi connectivity index (χ4v) is 3.00. The molecular formula is C18H18FNO. The van der Waals surface area contributed by atoms with Crippen LogP contribution in [0, 0.1) is 26.6 Å². The predicted molar refractivity (Wildman–Crippen MR) is 80.6 cm³/mol. The zero-order chi connectivity index (χ0) is 15.1. The Balaban J connectivity index is 1.88. The Morgan fingerprint density at radius 3 is 2.57 bits per heavy atom. The Hall–Kier alpha value is -2.16. The van der Waals surface area contributed by atoms with Gasteiger partial charge in [0, 0.05) is 18.7 Å². The zero-order valence-electron chi connectivity index (χ0n) is 12.5. The Labute approximate surface area is 124 Å². The second kappa shape index (κ2) is 4.99. The minimum absolute atomic E-state index is 0.0449. The van der Waals surface area contributed by atoms with E-state index in [2.05, 4.69) is 6.07 Å². The lowest BCUT2D eigenvalue weighted by atomic mass is 10.0. The quantitative estimate of drug-likeness (QED) is 0.818. The van der Waals surface area contributed by atoms with Crippen molar-refractivity contribution < 1.29 is 9.18 Å². The van der Waals surface area contributed by atoms with Gasteiger partial charge in [-0.1, -0.05) is 29.8 Å². The molecule has 0 bridgehead atoms. The van der Waals surface area contributed by atoms with Crippen molar-refractivity contribution in [3.05, 3.63) is 69.5 Å². The topological polar surface area (TPSA) is 20.3 Å². The Kier molecular flexibility index (Phi) is 3.28. The summed E-state index contributed by atoms with van der Waals surface area (Å²) in [5.41, 5.74) is 5.53. The van der Waals surface area contributed by atoms with Gasteiger partial charge >= 0.3 is 0 Å². The minimum Gasteiger partial charge on any atom is -0.330 e. The number of hydrogen-bond donors (Lipinski definition) is 0. The third-order valence-corrected chi connectivity index (χ3v) is 4.03. The molecule has 1 amide bonds. The molecule has 0 atom stereocenters. The molecule has 0 saturated carbocycles. The average molecular weight is 283 g/mol. The minimum atomic E-state index is -0.219. The molecule has 0 fully saturated rings. The summed E-state index contributed by atoms with van der Waals surface area (Å²) in [4.78, 5) is 14.3. The van der Waals surface area contributed by atoms with E-state index in [0.29, 0.717) is 18.7 Å². The molecule has 0 unspecified atom stereocenters. The van der Waals surface area contributed by atoms with E-state index < -0.39 is 0 Å². The third kappa shape index (κ3) is 2.44. The second-order valence-electron chi connectivity index (χ2n) is 5.86. The molecule has 1 aliphatic heterocycles. The van der Waals surface area contributed by atoms with Crippen LogP contribution in [0.15, 0.2) is 30.3 Å². The average Bonchev–Trinajstić information content (AvgIpc) is 2.70. The second-order valence-corrected chi connectivity index (χ2v) is 5.86. The molecule has 0 N–H and O–H groups in total. The maximum absolute atomic E-state index is 13.6. The van der Waals surface area contributed by atoms with Gasteiger partial charge in [-0.25, -0.2) is 4.39 Å². The lowest BCUT2D eigenvalue weighted by molar-refractivity contribution is 0.0766. The van der Waals surface area contributed by atoms with E-state index >= 15 is 0 Å².